The molecule has 8 aromatic carbocycles. The molecule has 10 aromatic rings. The van der Waals surface area contributed by atoms with Gasteiger partial charge >= 0.3 is 0 Å². The molecular weight excluding hydrogens is 643 g/mol. The molecule has 1 saturated carbocycles. The van der Waals surface area contributed by atoms with Gasteiger partial charge in [0, 0.05) is 37.9 Å². The Balaban J connectivity index is 1.36. The van der Waals surface area contributed by atoms with E-state index in [4.69, 9.17) is 9.97 Å². The molecule has 2 aliphatic rings. The Morgan fingerprint density at radius 3 is 1.92 bits per heavy atom. The number of hydrogen-bond donors (Lipinski definition) is 0. The van der Waals surface area contributed by atoms with Gasteiger partial charge in [0.05, 0.1) is 22.2 Å². The van der Waals surface area contributed by atoms with Gasteiger partial charge in [-0.2, -0.15) is 0 Å². The summed E-state index contributed by atoms with van der Waals surface area (Å²) in [5.41, 5.74) is 11.1. The zero-order valence-electron chi connectivity index (χ0n) is 29.3. The lowest BCUT2D eigenvalue weighted by Crippen LogP contribution is -2.28. The van der Waals surface area contributed by atoms with Crippen LogP contribution in [0.2, 0.25) is 0 Å². The van der Waals surface area contributed by atoms with Crippen molar-refractivity contribution in [3.63, 3.8) is 0 Å². The molecule has 12 rings (SSSR count). The first-order valence-electron chi connectivity index (χ1n) is 19.1. The van der Waals surface area contributed by atoms with Gasteiger partial charge in [-0.15, -0.1) is 0 Å². The third kappa shape index (κ3) is 3.89. The highest BCUT2D eigenvalue weighted by atomic mass is 15.2. The van der Waals surface area contributed by atoms with E-state index >= 15 is 0 Å². The maximum Gasteiger partial charge on any atom is 0.235 e. The molecular formula is C50H35N3. The van der Waals surface area contributed by atoms with E-state index in [0.717, 1.165) is 46.3 Å². The normalized spacial score (nSPS) is 14.9. The van der Waals surface area contributed by atoms with Gasteiger partial charge in [0.15, 0.2) is 0 Å². The van der Waals surface area contributed by atoms with Gasteiger partial charge in [-0.25, -0.2) is 9.97 Å². The summed E-state index contributed by atoms with van der Waals surface area (Å²) in [7, 11) is 0. The minimum Gasteiger partial charge on any atom is -0.277 e. The Kier molecular flexibility index (Phi) is 5.99. The van der Waals surface area contributed by atoms with E-state index in [0.29, 0.717) is 0 Å². The lowest BCUT2D eigenvalue weighted by molar-refractivity contribution is 0.354. The molecule has 1 fully saturated rings. The van der Waals surface area contributed by atoms with Gasteiger partial charge in [0.1, 0.15) is 0 Å². The quantitative estimate of drug-likeness (QED) is 0.171. The molecule has 0 unspecified atom stereocenters. The summed E-state index contributed by atoms with van der Waals surface area (Å²) in [6.07, 6.45) is 6.02. The number of benzene rings is 8. The zero-order valence-corrected chi connectivity index (χ0v) is 29.3. The third-order valence-electron chi connectivity index (χ3n) is 12.5. The average Bonchev–Trinajstić information content (AvgIpc) is 3.72. The lowest BCUT2D eigenvalue weighted by Gasteiger charge is -2.36. The molecule has 0 aliphatic heterocycles. The van der Waals surface area contributed by atoms with E-state index in [1.165, 1.54) is 90.3 Å². The van der Waals surface area contributed by atoms with E-state index in [1.54, 1.807) is 0 Å². The van der Waals surface area contributed by atoms with Gasteiger partial charge in [0.25, 0.3) is 0 Å². The van der Waals surface area contributed by atoms with E-state index < -0.39 is 0 Å². The number of fused-ring (bicyclic) bond motifs is 17. The molecule has 3 nitrogen and oxygen atoms in total. The van der Waals surface area contributed by atoms with Crippen LogP contribution in [0.1, 0.15) is 43.2 Å². The highest BCUT2D eigenvalue weighted by Crippen LogP contribution is 2.61. The van der Waals surface area contributed by atoms with Crippen molar-refractivity contribution in [1.82, 2.24) is 14.5 Å². The number of nitrogens with zero attached hydrogens (tertiary/aromatic N) is 3. The zero-order chi connectivity index (χ0) is 34.7. The Bertz CT molecular complexity index is 3150. The number of hydrogen-bond acceptors (Lipinski definition) is 2. The lowest BCUT2D eigenvalue weighted by atomic mass is 9.67. The molecule has 0 radical (unpaired) electrons. The molecule has 0 atom stereocenters. The highest BCUT2D eigenvalue weighted by Gasteiger charge is 2.47. The van der Waals surface area contributed by atoms with Crippen LogP contribution in [-0.2, 0) is 5.41 Å². The standard InChI is InChI=1S/C50H35N3/c1-3-17-33(18-4-1)45-40-28-26-31-15-5-7-19-34(31)46(40)52-49(51-45)53-47-35-20-8-6-16-32(35)25-27-39(47)43-37-22-10-9-21-36(37)42-38-23-11-12-24-41(38)50(44(42)48(43)53)29-13-2-14-30-50/h1,3-12,15-28H,2,13-14,29-30H2. The van der Waals surface area contributed by atoms with Crippen molar-refractivity contribution >= 4 is 65.0 Å². The summed E-state index contributed by atoms with van der Waals surface area (Å²) < 4.78 is 2.49. The van der Waals surface area contributed by atoms with Crippen LogP contribution >= 0.6 is 0 Å². The van der Waals surface area contributed by atoms with Crippen LogP contribution in [0.25, 0.3) is 93.4 Å². The molecule has 53 heavy (non-hydrogen) atoms. The van der Waals surface area contributed by atoms with Gasteiger partial charge in [0.2, 0.25) is 5.95 Å². The molecule has 3 heteroatoms. The smallest absolute Gasteiger partial charge is 0.235 e. The molecule has 2 aliphatic carbocycles. The van der Waals surface area contributed by atoms with Crippen molar-refractivity contribution < 1.29 is 0 Å². The molecule has 0 N–H and O–H groups in total. The second kappa shape index (κ2) is 10.8. The summed E-state index contributed by atoms with van der Waals surface area (Å²) in [6, 6.07) is 55.7. The summed E-state index contributed by atoms with van der Waals surface area (Å²) in [5.74, 6) is 0.725. The number of aromatic nitrogens is 3. The van der Waals surface area contributed by atoms with E-state index in [2.05, 4.69) is 156 Å². The van der Waals surface area contributed by atoms with Crippen molar-refractivity contribution in [2.24, 2.45) is 0 Å². The average molecular weight is 678 g/mol. The fourth-order valence-corrected chi connectivity index (χ4v) is 10.4. The summed E-state index contributed by atoms with van der Waals surface area (Å²) >= 11 is 0. The van der Waals surface area contributed by atoms with Gasteiger partial charge in [-0.1, -0.05) is 165 Å². The molecule has 0 saturated heterocycles. The van der Waals surface area contributed by atoms with Crippen LogP contribution in [0.4, 0.5) is 0 Å². The first kappa shape index (κ1) is 29.3. The highest BCUT2D eigenvalue weighted by molar-refractivity contribution is 6.30. The Morgan fingerprint density at radius 2 is 1.11 bits per heavy atom. The molecule has 1 spiro atoms. The topological polar surface area (TPSA) is 30.7 Å². The first-order valence-corrected chi connectivity index (χ1v) is 19.1. The summed E-state index contributed by atoms with van der Waals surface area (Å²) in [6.45, 7) is 0. The molecule has 0 bridgehead atoms. The van der Waals surface area contributed by atoms with Crippen molar-refractivity contribution in [3.05, 3.63) is 163 Å². The second-order valence-corrected chi connectivity index (χ2v) is 15.1. The molecule has 2 aromatic heterocycles. The van der Waals surface area contributed by atoms with Crippen LogP contribution in [0.5, 0.6) is 0 Å². The van der Waals surface area contributed by atoms with Crippen LogP contribution in [-0.4, -0.2) is 14.5 Å². The molecule has 2 heterocycles. The fourth-order valence-electron chi connectivity index (χ4n) is 10.4. The fraction of sp³-hybridized carbons (Fsp3) is 0.120. The van der Waals surface area contributed by atoms with Gasteiger partial charge < -0.3 is 0 Å². The van der Waals surface area contributed by atoms with Gasteiger partial charge in [-0.05, 0) is 62.7 Å². The van der Waals surface area contributed by atoms with Crippen molar-refractivity contribution in [3.8, 4) is 28.3 Å². The van der Waals surface area contributed by atoms with Crippen LogP contribution in [0.15, 0.2) is 152 Å². The SMILES string of the molecule is c1ccc(-c2nc(-n3c4c5c(c6ccccc6c4c4ccc6ccccc6c43)-c3ccccc3C53CCCCC3)nc3c2ccc2ccccc23)cc1. The van der Waals surface area contributed by atoms with E-state index in [9.17, 15) is 0 Å². The van der Waals surface area contributed by atoms with E-state index in [1.807, 2.05) is 0 Å². The van der Waals surface area contributed by atoms with E-state index in [-0.39, 0.29) is 5.41 Å². The first-order chi connectivity index (χ1) is 26.3. The molecule has 250 valence electrons. The summed E-state index contributed by atoms with van der Waals surface area (Å²) in [5, 5.41) is 11.0. The Morgan fingerprint density at radius 1 is 0.472 bits per heavy atom. The van der Waals surface area contributed by atoms with Crippen LogP contribution in [0, 0.1) is 0 Å². The monoisotopic (exact) mass is 677 g/mol. The predicted molar refractivity (Wildman–Crippen MR) is 221 cm³/mol. The molecule has 0 amide bonds. The van der Waals surface area contributed by atoms with Crippen molar-refractivity contribution in [2.45, 2.75) is 37.5 Å². The summed E-state index contributed by atoms with van der Waals surface area (Å²) in [4.78, 5) is 11.3. The Labute approximate surface area is 307 Å². The second-order valence-electron chi connectivity index (χ2n) is 15.1. The van der Waals surface area contributed by atoms with Crippen LogP contribution < -0.4 is 0 Å². The Hall–Kier alpha value is -6.32. The van der Waals surface area contributed by atoms with Crippen molar-refractivity contribution in [2.75, 3.05) is 0 Å². The van der Waals surface area contributed by atoms with Crippen LogP contribution in [0.3, 0.4) is 0 Å². The predicted octanol–water partition coefficient (Wildman–Crippen LogP) is 13.1. The third-order valence-corrected chi connectivity index (χ3v) is 12.5. The van der Waals surface area contributed by atoms with Gasteiger partial charge in [-0.3, -0.25) is 4.57 Å². The minimum atomic E-state index is -0.0831. The maximum absolute atomic E-state index is 5.68. The maximum atomic E-state index is 5.68. The largest absolute Gasteiger partial charge is 0.277 e. The minimum absolute atomic E-state index is 0.0831. The van der Waals surface area contributed by atoms with Crippen molar-refractivity contribution in [1.29, 1.82) is 0 Å². The number of rotatable bonds is 2.